The van der Waals surface area contributed by atoms with Crippen LogP contribution in [0.3, 0.4) is 0 Å². The number of pyridine rings is 1. The fourth-order valence-corrected chi connectivity index (χ4v) is 2.13. The number of halogens is 4. The lowest BCUT2D eigenvalue weighted by Gasteiger charge is -2.23. The van der Waals surface area contributed by atoms with Crippen LogP contribution >= 0.6 is 11.6 Å². The first-order valence-electron chi connectivity index (χ1n) is 7.31. The third kappa shape index (κ3) is 4.78. The summed E-state index contributed by atoms with van der Waals surface area (Å²) in [5.74, 6) is -0.0524. The van der Waals surface area contributed by atoms with Crippen molar-refractivity contribution in [1.82, 2.24) is 4.98 Å². The average Bonchev–Trinajstić information content (AvgIpc) is 2.56. The summed E-state index contributed by atoms with van der Waals surface area (Å²) in [5.41, 5.74) is -2.15. The number of carbonyl (C=O) groups is 1. The maximum atomic E-state index is 12.6. The zero-order chi connectivity index (χ0) is 19.5. The predicted molar refractivity (Wildman–Crippen MR) is 87.5 cm³/mol. The molecule has 0 radical (unpaired) electrons. The van der Waals surface area contributed by atoms with E-state index in [1.54, 1.807) is 13.8 Å². The van der Waals surface area contributed by atoms with E-state index in [0.29, 0.717) is 11.9 Å². The van der Waals surface area contributed by atoms with Crippen LogP contribution in [0.25, 0.3) is 0 Å². The van der Waals surface area contributed by atoms with E-state index < -0.39 is 23.3 Å². The SMILES string of the molecule is COC(=O)C(C)(C)Oc1ccc(Oc2ncc(C(F)(F)F)cc2Cl)cc1. The molecule has 0 saturated carbocycles. The minimum atomic E-state index is -4.54. The predicted octanol–water partition coefficient (Wildman–Crippen LogP) is 4.88. The molecule has 0 amide bonds. The van der Waals surface area contributed by atoms with Crippen LogP contribution in [0.5, 0.6) is 17.4 Å². The summed E-state index contributed by atoms with van der Waals surface area (Å²) in [6, 6.07) is 6.78. The van der Waals surface area contributed by atoms with Gasteiger partial charge in [0.05, 0.1) is 12.7 Å². The Morgan fingerprint density at radius 2 is 1.69 bits per heavy atom. The van der Waals surface area contributed by atoms with Crippen molar-refractivity contribution in [2.45, 2.75) is 25.6 Å². The second kappa shape index (κ2) is 7.41. The molecule has 0 unspecified atom stereocenters. The highest BCUT2D eigenvalue weighted by Crippen LogP contribution is 2.35. The molecule has 0 spiro atoms. The van der Waals surface area contributed by atoms with Gasteiger partial charge in [0.2, 0.25) is 5.88 Å². The number of hydrogen-bond donors (Lipinski definition) is 0. The quantitative estimate of drug-likeness (QED) is 0.682. The van der Waals surface area contributed by atoms with Crippen LogP contribution in [0, 0.1) is 0 Å². The molecular weight excluding hydrogens is 375 g/mol. The molecule has 0 atom stereocenters. The summed E-state index contributed by atoms with van der Waals surface area (Å²) in [6.07, 6.45) is -3.90. The van der Waals surface area contributed by atoms with Crippen LogP contribution in [-0.4, -0.2) is 23.7 Å². The third-order valence-corrected chi connectivity index (χ3v) is 3.49. The van der Waals surface area contributed by atoms with E-state index in [4.69, 9.17) is 21.1 Å². The minimum Gasteiger partial charge on any atom is -0.476 e. The number of carbonyl (C=O) groups excluding carboxylic acids is 1. The van der Waals surface area contributed by atoms with Crippen LogP contribution in [0.15, 0.2) is 36.5 Å². The molecule has 0 fully saturated rings. The average molecular weight is 390 g/mol. The van der Waals surface area contributed by atoms with Crippen LogP contribution in [0.2, 0.25) is 5.02 Å². The summed E-state index contributed by atoms with van der Waals surface area (Å²) in [5, 5.41) is -0.271. The molecule has 0 aliphatic heterocycles. The Hall–Kier alpha value is -2.48. The van der Waals surface area contributed by atoms with Crippen molar-refractivity contribution < 1.29 is 32.2 Å². The number of esters is 1. The standard InChI is InChI=1S/C17H15ClF3NO4/c1-16(2,15(23)24-3)26-12-6-4-11(5-7-12)25-14-13(18)8-10(9-22-14)17(19,20)21/h4-9H,1-3H3. The summed E-state index contributed by atoms with van der Waals surface area (Å²) in [7, 11) is 1.26. The highest BCUT2D eigenvalue weighted by atomic mass is 35.5. The number of benzene rings is 1. The summed E-state index contributed by atoms with van der Waals surface area (Å²) in [6.45, 7) is 3.10. The van der Waals surface area contributed by atoms with E-state index in [1.807, 2.05) is 0 Å². The molecule has 0 aliphatic carbocycles. The van der Waals surface area contributed by atoms with E-state index in [1.165, 1.54) is 31.4 Å². The molecule has 0 bridgehead atoms. The third-order valence-electron chi connectivity index (χ3n) is 3.22. The minimum absolute atomic E-state index is 0.164. The molecule has 9 heteroatoms. The van der Waals surface area contributed by atoms with Gasteiger partial charge in [-0.1, -0.05) is 11.6 Å². The van der Waals surface area contributed by atoms with E-state index in [-0.39, 0.29) is 16.7 Å². The molecule has 5 nitrogen and oxygen atoms in total. The molecule has 1 aromatic heterocycles. The van der Waals surface area contributed by atoms with Crippen LogP contribution in [0.4, 0.5) is 13.2 Å². The van der Waals surface area contributed by atoms with E-state index >= 15 is 0 Å². The monoisotopic (exact) mass is 389 g/mol. The Morgan fingerprint density at radius 1 is 1.12 bits per heavy atom. The van der Waals surface area contributed by atoms with E-state index in [2.05, 4.69) is 9.72 Å². The van der Waals surface area contributed by atoms with Gasteiger partial charge >= 0.3 is 12.1 Å². The van der Waals surface area contributed by atoms with Gasteiger partial charge in [-0.15, -0.1) is 0 Å². The van der Waals surface area contributed by atoms with Crippen molar-refractivity contribution in [2.75, 3.05) is 7.11 Å². The van der Waals surface area contributed by atoms with Gasteiger partial charge < -0.3 is 14.2 Å². The first-order chi connectivity index (χ1) is 12.0. The second-order valence-corrected chi connectivity index (χ2v) is 6.09. The lowest BCUT2D eigenvalue weighted by molar-refractivity contribution is -0.156. The van der Waals surface area contributed by atoms with Crippen LogP contribution < -0.4 is 9.47 Å². The molecule has 2 rings (SSSR count). The first kappa shape index (κ1) is 19.8. The number of alkyl halides is 3. The summed E-state index contributed by atoms with van der Waals surface area (Å²) >= 11 is 5.79. The zero-order valence-electron chi connectivity index (χ0n) is 14.1. The van der Waals surface area contributed by atoms with Crippen LogP contribution in [0.1, 0.15) is 19.4 Å². The Bertz CT molecular complexity index is 792. The Kier molecular flexibility index (Phi) is 5.65. The number of nitrogens with zero attached hydrogens (tertiary/aromatic N) is 1. The fraction of sp³-hybridized carbons (Fsp3) is 0.294. The molecule has 140 valence electrons. The van der Waals surface area contributed by atoms with Gasteiger partial charge in [-0.25, -0.2) is 9.78 Å². The lowest BCUT2D eigenvalue weighted by atomic mass is 10.1. The maximum Gasteiger partial charge on any atom is 0.417 e. The topological polar surface area (TPSA) is 57.7 Å². The maximum absolute atomic E-state index is 12.6. The van der Waals surface area contributed by atoms with Gasteiger partial charge in [0.15, 0.2) is 5.60 Å². The van der Waals surface area contributed by atoms with Crippen molar-refractivity contribution in [2.24, 2.45) is 0 Å². The highest BCUT2D eigenvalue weighted by molar-refractivity contribution is 6.31. The van der Waals surface area contributed by atoms with Crippen molar-refractivity contribution in [3.63, 3.8) is 0 Å². The smallest absolute Gasteiger partial charge is 0.417 e. The van der Waals surface area contributed by atoms with Crippen LogP contribution in [-0.2, 0) is 15.7 Å². The van der Waals surface area contributed by atoms with Gasteiger partial charge in [-0.3, -0.25) is 0 Å². The largest absolute Gasteiger partial charge is 0.476 e. The fourth-order valence-electron chi connectivity index (χ4n) is 1.92. The molecule has 1 heterocycles. The normalized spacial score (nSPS) is 11.8. The van der Waals surface area contributed by atoms with E-state index in [9.17, 15) is 18.0 Å². The Balaban J connectivity index is 2.11. The van der Waals surface area contributed by atoms with E-state index in [0.717, 1.165) is 6.07 Å². The lowest BCUT2D eigenvalue weighted by Crippen LogP contribution is -2.39. The van der Waals surface area contributed by atoms with Crippen molar-refractivity contribution in [3.05, 3.63) is 47.1 Å². The molecule has 0 N–H and O–H groups in total. The number of hydrogen-bond acceptors (Lipinski definition) is 5. The molecule has 0 saturated heterocycles. The van der Waals surface area contributed by atoms with Gasteiger partial charge in [-0.2, -0.15) is 13.2 Å². The number of ether oxygens (including phenoxy) is 3. The van der Waals surface area contributed by atoms with Gasteiger partial charge in [-0.05, 0) is 44.2 Å². The second-order valence-electron chi connectivity index (χ2n) is 5.69. The Morgan fingerprint density at radius 3 is 2.19 bits per heavy atom. The molecular formula is C17H15ClF3NO4. The van der Waals surface area contributed by atoms with Gasteiger partial charge in [0, 0.05) is 6.20 Å². The number of aromatic nitrogens is 1. The van der Waals surface area contributed by atoms with Crippen molar-refractivity contribution in [1.29, 1.82) is 0 Å². The molecule has 0 aliphatic rings. The molecule has 2 aromatic rings. The molecule has 26 heavy (non-hydrogen) atoms. The summed E-state index contributed by atoms with van der Waals surface area (Å²) < 4.78 is 53.4. The zero-order valence-corrected chi connectivity index (χ0v) is 14.8. The number of methoxy groups -OCH3 is 1. The highest BCUT2D eigenvalue weighted by Gasteiger charge is 2.32. The van der Waals surface area contributed by atoms with Gasteiger partial charge in [0.25, 0.3) is 0 Å². The first-order valence-corrected chi connectivity index (χ1v) is 7.69. The molecule has 1 aromatic carbocycles. The van der Waals surface area contributed by atoms with Crippen molar-refractivity contribution >= 4 is 17.6 Å². The van der Waals surface area contributed by atoms with Crippen molar-refractivity contribution in [3.8, 4) is 17.4 Å². The Labute approximate surface area is 152 Å². The van der Waals surface area contributed by atoms with Gasteiger partial charge in [0.1, 0.15) is 16.5 Å². The number of rotatable bonds is 5. The summed E-state index contributed by atoms with van der Waals surface area (Å²) in [4.78, 5) is 15.2.